The number of hydrazine groups is 1. The number of hydrogen-bond acceptors (Lipinski definition) is 8. The number of anilines is 1. The summed E-state index contributed by atoms with van der Waals surface area (Å²) in [5.74, 6) is 4.97. The molecule has 0 unspecified atom stereocenters. The summed E-state index contributed by atoms with van der Waals surface area (Å²) in [7, 11) is 0. The Morgan fingerprint density at radius 1 is 1.17 bits per heavy atom. The Morgan fingerprint density at radius 2 is 1.90 bits per heavy atom. The number of carbonyl (C=O) groups excluding carboxylic acids is 2. The number of nitrogens with one attached hydrogen (secondary N) is 1. The number of nitrogens with two attached hydrogens (primary N) is 1. The molecule has 0 radical (unpaired) electrons. The average Bonchev–Trinajstić information content (AvgIpc) is 3.21. The molecule has 4 rings (SSSR count). The van der Waals surface area contributed by atoms with Gasteiger partial charge < -0.3 is 9.80 Å². The molecule has 2 aliphatic heterocycles. The molecule has 0 bridgehead atoms. The summed E-state index contributed by atoms with van der Waals surface area (Å²) in [5, 5.41) is 0.731. The number of rotatable bonds is 4. The first-order chi connectivity index (χ1) is 14.1. The zero-order chi connectivity index (χ0) is 20.4. The minimum Gasteiger partial charge on any atom is -0.348 e. The van der Waals surface area contributed by atoms with Crippen LogP contribution in [0.4, 0.5) is 5.13 Å². The van der Waals surface area contributed by atoms with E-state index >= 15 is 0 Å². The molecule has 0 spiro atoms. The van der Waals surface area contributed by atoms with E-state index in [2.05, 4.69) is 14.9 Å². The Morgan fingerprint density at radius 3 is 2.59 bits per heavy atom. The second kappa shape index (κ2) is 8.46. The van der Waals surface area contributed by atoms with Crippen LogP contribution in [0.15, 0.2) is 11.1 Å². The standard InChI is InChI=1S/C18H25N7O3S/c19-22-13(26)10-25-11-20-15-14(17(25)28)29-18(21-15)24-8-4-12(5-9-24)16(27)23-6-2-1-3-7-23/h11-12H,1-10,19H2,(H,22,26). The number of likely N-dealkylation sites (tertiary alicyclic amines) is 1. The van der Waals surface area contributed by atoms with Crippen LogP contribution in [0.25, 0.3) is 10.3 Å². The van der Waals surface area contributed by atoms with Gasteiger partial charge >= 0.3 is 0 Å². The minimum absolute atomic E-state index is 0.0730. The number of amides is 2. The second-order valence-electron chi connectivity index (χ2n) is 7.54. The van der Waals surface area contributed by atoms with Crippen molar-refractivity contribution in [3.63, 3.8) is 0 Å². The van der Waals surface area contributed by atoms with E-state index < -0.39 is 5.91 Å². The highest BCUT2D eigenvalue weighted by Gasteiger charge is 2.30. The average molecular weight is 420 g/mol. The smallest absolute Gasteiger partial charge is 0.273 e. The summed E-state index contributed by atoms with van der Waals surface area (Å²) in [5.41, 5.74) is 2.08. The van der Waals surface area contributed by atoms with Crippen LogP contribution in [-0.4, -0.2) is 57.4 Å². The summed E-state index contributed by atoms with van der Waals surface area (Å²) in [6.07, 6.45) is 6.32. The second-order valence-corrected chi connectivity index (χ2v) is 8.52. The number of fused-ring (bicyclic) bond motifs is 1. The first-order valence-corrected chi connectivity index (χ1v) is 10.8. The first kappa shape index (κ1) is 19.8. The van der Waals surface area contributed by atoms with Gasteiger partial charge in [-0.2, -0.15) is 4.98 Å². The van der Waals surface area contributed by atoms with Gasteiger partial charge in [0.05, 0.1) is 0 Å². The quantitative estimate of drug-likeness (QED) is 0.408. The van der Waals surface area contributed by atoms with Crippen LogP contribution in [0.1, 0.15) is 32.1 Å². The Balaban J connectivity index is 1.44. The Labute approximate surface area is 171 Å². The van der Waals surface area contributed by atoms with Crippen molar-refractivity contribution in [3.8, 4) is 0 Å². The number of thiazole rings is 1. The van der Waals surface area contributed by atoms with Gasteiger partial charge in [0.25, 0.3) is 11.5 Å². The third kappa shape index (κ3) is 4.10. The molecule has 0 aliphatic carbocycles. The molecule has 2 saturated heterocycles. The molecule has 0 saturated carbocycles. The van der Waals surface area contributed by atoms with Crippen LogP contribution in [0.5, 0.6) is 0 Å². The molecule has 0 atom stereocenters. The fourth-order valence-electron chi connectivity index (χ4n) is 3.97. The lowest BCUT2D eigenvalue weighted by atomic mass is 9.94. The normalized spacial score (nSPS) is 18.2. The molecular weight excluding hydrogens is 394 g/mol. The van der Waals surface area contributed by atoms with Gasteiger partial charge in [-0.25, -0.2) is 10.8 Å². The fourth-order valence-corrected chi connectivity index (χ4v) is 4.99. The monoisotopic (exact) mass is 419 g/mol. The number of piperidine rings is 2. The Kier molecular flexibility index (Phi) is 5.76. The number of aromatic nitrogens is 3. The zero-order valence-electron chi connectivity index (χ0n) is 16.2. The van der Waals surface area contributed by atoms with Crippen molar-refractivity contribution < 1.29 is 9.59 Å². The van der Waals surface area contributed by atoms with E-state index in [4.69, 9.17) is 5.84 Å². The summed E-state index contributed by atoms with van der Waals surface area (Å²) in [4.78, 5) is 49.6. The maximum absolute atomic E-state index is 12.7. The van der Waals surface area contributed by atoms with E-state index in [1.165, 1.54) is 28.7 Å². The summed E-state index contributed by atoms with van der Waals surface area (Å²) in [6, 6.07) is 0. The molecule has 3 N–H and O–H groups in total. The number of nitrogens with zero attached hydrogens (tertiary/aromatic N) is 5. The van der Waals surface area contributed by atoms with E-state index in [-0.39, 0.29) is 23.9 Å². The van der Waals surface area contributed by atoms with Gasteiger partial charge in [-0.1, -0.05) is 11.3 Å². The summed E-state index contributed by atoms with van der Waals surface area (Å²) in [6.45, 7) is 3.05. The lowest BCUT2D eigenvalue weighted by Crippen LogP contribution is -2.44. The molecule has 156 valence electrons. The fraction of sp³-hybridized carbons (Fsp3) is 0.611. The van der Waals surface area contributed by atoms with E-state index in [0.29, 0.717) is 10.3 Å². The van der Waals surface area contributed by atoms with Crippen molar-refractivity contribution in [2.24, 2.45) is 11.8 Å². The molecule has 4 heterocycles. The van der Waals surface area contributed by atoms with Crippen LogP contribution in [-0.2, 0) is 16.1 Å². The van der Waals surface area contributed by atoms with E-state index in [1.807, 2.05) is 10.3 Å². The maximum Gasteiger partial charge on any atom is 0.273 e. The molecule has 2 aromatic heterocycles. The van der Waals surface area contributed by atoms with Crippen molar-refractivity contribution in [3.05, 3.63) is 16.7 Å². The molecule has 2 amide bonds. The van der Waals surface area contributed by atoms with Crippen molar-refractivity contribution in [1.82, 2.24) is 24.9 Å². The van der Waals surface area contributed by atoms with Gasteiger partial charge in [-0.15, -0.1) is 0 Å². The molecule has 2 aliphatic rings. The number of hydrogen-bond donors (Lipinski definition) is 2. The Bertz CT molecular complexity index is 958. The van der Waals surface area contributed by atoms with Crippen molar-refractivity contribution in [2.75, 3.05) is 31.1 Å². The lowest BCUT2D eigenvalue weighted by molar-refractivity contribution is -0.137. The van der Waals surface area contributed by atoms with Crippen LogP contribution in [0.3, 0.4) is 0 Å². The summed E-state index contributed by atoms with van der Waals surface area (Å²) >= 11 is 1.28. The lowest BCUT2D eigenvalue weighted by Gasteiger charge is -2.35. The number of carbonyl (C=O) groups is 2. The third-order valence-electron chi connectivity index (χ3n) is 5.63. The maximum atomic E-state index is 12.7. The third-order valence-corrected chi connectivity index (χ3v) is 6.72. The SMILES string of the molecule is NNC(=O)Cn1cnc2nc(N3CCC(C(=O)N4CCCCC4)CC3)sc2c1=O. The molecule has 2 aromatic rings. The highest BCUT2D eigenvalue weighted by atomic mass is 32.1. The van der Waals surface area contributed by atoms with E-state index in [1.54, 1.807) is 0 Å². The van der Waals surface area contributed by atoms with Crippen molar-refractivity contribution >= 4 is 38.6 Å². The van der Waals surface area contributed by atoms with Crippen LogP contribution >= 0.6 is 11.3 Å². The molecule has 0 aromatic carbocycles. The van der Waals surface area contributed by atoms with Crippen molar-refractivity contribution in [2.45, 2.75) is 38.6 Å². The largest absolute Gasteiger partial charge is 0.348 e. The van der Waals surface area contributed by atoms with Gasteiger partial charge in [0.1, 0.15) is 17.6 Å². The topological polar surface area (TPSA) is 126 Å². The first-order valence-electron chi connectivity index (χ1n) is 9.96. The van der Waals surface area contributed by atoms with Gasteiger partial charge in [-0.3, -0.25) is 24.4 Å². The summed E-state index contributed by atoms with van der Waals surface area (Å²) < 4.78 is 1.63. The van der Waals surface area contributed by atoms with Gasteiger partial charge in [0.15, 0.2) is 10.8 Å². The highest BCUT2D eigenvalue weighted by molar-refractivity contribution is 7.22. The Hall–Kier alpha value is -2.53. The van der Waals surface area contributed by atoms with Gasteiger partial charge in [0.2, 0.25) is 5.91 Å². The van der Waals surface area contributed by atoms with Gasteiger partial charge in [-0.05, 0) is 32.1 Å². The molecule has 10 nitrogen and oxygen atoms in total. The highest BCUT2D eigenvalue weighted by Crippen LogP contribution is 2.30. The van der Waals surface area contributed by atoms with Crippen LogP contribution in [0.2, 0.25) is 0 Å². The van der Waals surface area contributed by atoms with Crippen molar-refractivity contribution in [1.29, 1.82) is 0 Å². The predicted molar refractivity (Wildman–Crippen MR) is 109 cm³/mol. The molecule has 11 heteroatoms. The van der Waals surface area contributed by atoms with Gasteiger partial charge in [0, 0.05) is 32.1 Å². The molecular formula is C18H25N7O3S. The van der Waals surface area contributed by atoms with E-state index in [9.17, 15) is 14.4 Å². The zero-order valence-corrected chi connectivity index (χ0v) is 17.0. The minimum atomic E-state index is -0.474. The van der Waals surface area contributed by atoms with Crippen LogP contribution < -0.4 is 21.7 Å². The van der Waals surface area contributed by atoms with E-state index in [0.717, 1.165) is 57.0 Å². The molecule has 29 heavy (non-hydrogen) atoms. The van der Waals surface area contributed by atoms with Crippen LogP contribution in [0, 0.1) is 5.92 Å². The predicted octanol–water partition coefficient (Wildman–Crippen LogP) is 0.0718. The molecule has 2 fully saturated rings.